The minimum absolute atomic E-state index is 0.00705. The van der Waals surface area contributed by atoms with E-state index < -0.39 is 24.4 Å². The zero-order chi connectivity index (χ0) is 14.8. The van der Waals surface area contributed by atoms with Crippen LogP contribution in [0.1, 0.15) is 11.6 Å². The smallest absolute Gasteiger partial charge is 0.289 e. The lowest BCUT2D eigenvalue weighted by Gasteiger charge is -2.39. The third-order valence-electron chi connectivity index (χ3n) is 3.40. The lowest BCUT2D eigenvalue weighted by molar-refractivity contribution is -0.118. The molecule has 0 saturated carbocycles. The van der Waals surface area contributed by atoms with E-state index in [-0.39, 0.29) is 10.6 Å². The Balaban J connectivity index is 2.42. The van der Waals surface area contributed by atoms with Gasteiger partial charge in [-0.15, -0.1) is 0 Å². The number of nitrogens with one attached hydrogen (secondary N) is 1. The maximum Gasteiger partial charge on any atom is 0.289 e. The Hall–Kier alpha value is -0.820. The van der Waals surface area contributed by atoms with E-state index in [1.807, 2.05) is 0 Å². The summed E-state index contributed by atoms with van der Waals surface area (Å²) in [7, 11) is 0. The quantitative estimate of drug-likeness (QED) is 0.894. The van der Waals surface area contributed by atoms with Crippen molar-refractivity contribution in [3.63, 3.8) is 0 Å². The van der Waals surface area contributed by atoms with Crippen LogP contribution >= 0.6 is 11.6 Å². The predicted molar refractivity (Wildman–Crippen MR) is 70.6 cm³/mol. The van der Waals surface area contributed by atoms with Crippen LogP contribution < -0.4 is 5.32 Å². The molecule has 2 rings (SSSR count). The molecule has 0 bridgehead atoms. The van der Waals surface area contributed by atoms with Crippen LogP contribution in [0.3, 0.4) is 0 Å². The van der Waals surface area contributed by atoms with Gasteiger partial charge in [-0.25, -0.2) is 13.2 Å². The maximum atomic E-state index is 14.1. The summed E-state index contributed by atoms with van der Waals surface area (Å²) in [6.45, 7) is 0.574. The van der Waals surface area contributed by atoms with Gasteiger partial charge in [0.15, 0.2) is 0 Å². The predicted octanol–water partition coefficient (Wildman–Crippen LogP) is 2.05. The second-order valence-electron chi connectivity index (χ2n) is 4.75. The largest absolute Gasteiger partial charge is 0.390 e. The number of hydrogen-bond acceptors (Lipinski definition) is 3. The molecular weight excluding hydrogens is 293 g/mol. The van der Waals surface area contributed by atoms with Gasteiger partial charge >= 0.3 is 0 Å². The minimum atomic E-state index is -3.39. The maximum absolute atomic E-state index is 14.1. The van der Waals surface area contributed by atoms with Crippen LogP contribution in [0.15, 0.2) is 18.2 Å². The van der Waals surface area contributed by atoms with E-state index in [1.165, 1.54) is 17.0 Å². The highest BCUT2D eigenvalue weighted by atomic mass is 35.5. The normalized spacial score (nSPS) is 19.1. The topological polar surface area (TPSA) is 35.5 Å². The van der Waals surface area contributed by atoms with Crippen molar-refractivity contribution in [1.82, 2.24) is 10.2 Å². The van der Waals surface area contributed by atoms with Gasteiger partial charge in [-0.1, -0.05) is 23.7 Å². The molecular formula is C13H16ClF3N2O. The van der Waals surface area contributed by atoms with E-state index in [4.69, 9.17) is 16.7 Å². The Kier molecular flexibility index (Phi) is 4.90. The van der Waals surface area contributed by atoms with Crippen molar-refractivity contribution in [1.29, 1.82) is 0 Å². The van der Waals surface area contributed by atoms with Gasteiger partial charge in [0.1, 0.15) is 18.5 Å². The number of hydrogen-bond donors (Lipinski definition) is 2. The first kappa shape index (κ1) is 15.6. The lowest BCUT2D eigenvalue weighted by Crippen LogP contribution is -2.51. The molecule has 0 spiro atoms. The van der Waals surface area contributed by atoms with Crippen molar-refractivity contribution in [3.05, 3.63) is 34.6 Å². The van der Waals surface area contributed by atoms with Crippen LogP contribution in [0.4, 0.5) is 13.2 Å². The number of aliphatic hydroxyl groups excluding tert-OH is 1. The number of halogens is 4. The van der Waals surface area contributed by atoms with Crippen molar-refractivity contribution in [2.75, 3.05) is 32.8 Å². The average molecular weight is 309 g/mol. The minimum Gasteiger partial charge on any atom is -0.390 e. The molecule has 1 aromatic rings. The summed E-state index contributed by atoms with van der Waals surface area (Å²) >= 11 is 5.84. The molecule has 0 unspecified atom stereocenters. The monoisotopic (exact) mass is 308 g/mol. The summed E-state index contributed by atoms with van der Waals surface area (Å²) in [4.78, 5) is 1.52. The van der Waals surface area contributed by atoms with E-state index in [0.29, 0.717) is 26.2 Å². The van der Waals surface area contributed by atoms with E-state index in [2.05, 4.69) is 5.32 Å². The summed E-state index contributed by atoms with van der Waals surface area (Å²) in [6, 6.07) is 2.41. The zero-order valence-electron chi connectivity index (χ0n) is 10.8. The van der Waals surface area contributed by atoms with Gasteiger partial charge in [0.2, 0.25) is 0 Å². The van der Waals surface area contributed by atoms with Gasteiger partial charge in [0.25, 0.3) is 5.92 Å². The summed E-state index contributed by atoms with van der Waals surface area (Å²) in [5.74, 6) is -4.13. The highest BCUT2D eigenvalue weighted by Crippen LogP contribution is 2.40. The average Bonchev–Trinajstić information content (AvgIpc) is 2.45. The van der Waals surface area contributed by atoms with Gasteiger partial charge in [-0.3, -0.25) is 4.90 Å². The third-order valence-corrected chi connectivity index (χ3v) is 3.80. The second kappa shape index (κ2) is 6.30. The Labute approximate surface area is 120 Å². The molecule has 1 aliphatic rings. The Morgan fingerprint density at radius 3 is 2.60 bits per heavy atom. The van der Waals surface area contributed by atoms with Gasteiger partial charge < -0.3 is 10.4 Å². The fourth-order valence-electron chi connectivity index (χ4n) is 2.45. The van der Waals surface area contributed by atoms with E-state index >= 15 is 0 Å². The first-order valence-electron chi connectivity index (χ1n) is 6.34. The van der Waals surface area contributed by atoms with Crippen molar-refractivity contribution >= 4 is 11.6 Å². The lowest BCUT2D eigenvalue weighted by atomic mass is 9.98. The van der Waals surface area contributed by atoms with E-state index in [9.17, 15) is 13.2 Å². The molecule has 0 radical (unpaired) electrons. The standard InChI is InChI=1S/C13H16ClF3N2O/c14-11-9(2-1-3-10(11)15)12(13(16,17)8-20)19-6-4-18-5-7-19/h1-3,12,18,20H,4-8H2/t12-/m0/s1. The van der Waals surface area contributed by atoms with E-state index in [1.54, 1.807) is 0 Å². The Morgan fingerprint density at radius 1 is 1.35 bits per heavy atom. The van der Waals surface area contributed by atoms with Crippen LogP contribution in [0.5, 0.6) is 0 Å². The Bertz CT molecular complexity index is 467. The first-order chi connectivity index (χ1) is 9.47. The number of benzene rings is 1. The van der Waals surface area contributed by atoms with Crippen molar-refractivity contribution in [3.8, 4) is 0 Å². The zero-order valence-corrected chi connectivity index (χ0v) is 11.5. The molecule has 1 fully saturated rings. The Morgan fingerprint density at radius 2 is 2.00 bits per heavy atom. The molecule has 2 N–H and O–H groups in total. The van der Waals surface area contributed by atoms with Gasteiger partial charge in [0, 0.05) is 26.2 Å². The highest BCUT2D eigenvalue weighted by Gasteiger charge is 2.45. The molecule has 7 heteroatoms. The third kappa shape index (κ3) is 3.09. The summed E-state index contributed by atoms with van der Waals surface area (Å²) in [5, 5.41) is 11.7. The number of piperazine rings is 1. The number of alkyl halides is 2. The van der Waals surface area contributed by atoms with Crippen LogP contribution in [0.25, 0.3) is 0 Å². The number of aliphatic hydroxyl groups is 1. The molecule has 1 aromatic carbocycles. The fourth-order valence-corrected chi connectivity index (χ4v) is 2.68. The summed E-state index contributed by atoms with van der Waals surface area (Å²) in [5.41, 5.74) is 0.00705. The molecule has 1 saturated heterocycles. The number of nitrogens with zero attached hydrogens (tertiary/aromatic N) is 1. The van der Waals surface area contributed by atoms with Gasteiger partial charge in [0.05, 0.1) is 5.02 Å². The SMILES string of the molecule is OCC(F)(F)[C@H](c1cccc(F)c1Cl)N1CCNCC1. The van der Waals surface area contributed by atoms with Crippen molar-refractivity contribution in [2.45, 2.75) is 12.0 Å². The van der Waals surface area contributed by atoms with Crippen molar-refractivity contribution < 1.29 is 18.3 Å². The van der Waals surface area contributed by atoms with Crippen LogP contribution in [-0.4, -0.2) is 48.7 Å². The number of rotatable bonds is 4. The molecule has 0 amide bonds. The van der Waals surface area contributed by atoms with Crippen LogP contribution in [0.2, 0.25) is 5.02 Å². The highest BCUT2D eigenvalue weighted by molar-refractivity contribution is 6.31. The fraction of sp³-hybridized carbons (Fsp3) is 0.538. The van der Waals surface area contributed by atoms with Crippen LogP contribution in [0, 0.1) is 5.82 Å². The molecule has 0 aliphatic carbocycles. The molecule has 0 aromatic heterocycles. The molecule has 1 aliphatic heterocycles. The van der Waals surface area contributed by atoms with Gasteiger partial charge in [-0.2, -0.15) is 0 Å². The molecule has 1 heterocycles. The molecule has 20 heavy (non-hydrogen) atoms. The van der Waals surface area contributed by atoms with Crippen LogP contribution in [-0.2, 0) is 0 Å². The summed E-state index contributed by atoms with van der Waals surface area (Å²) < 4.78 is 41.7. The second-order valence-corrected chi connectivity index (χ2v) is 5.13. The first-order valence-corrected chi connectivity index (χ1v) is 6.72. The molecule has 3 nitrogen and oxygen atoms in total. The molecule has 112 valence electrons. The van der Waals surface area contributed by atoms with E-state index in [0.717, 1.165) is 6.07 Å². The van der Waals surface area contributed by atoms with Crippen molar-refractivity contribution in [2.24, 2.45) is 0 Å². The summed E-state index contributed by atoms with van der Waals surface area (Å²) in [6.07, 6.45) is 0. The molecule has 1 atom stereocenters. The van der Waals surface area contributed by atoms with Gasteiger partial charge in [-0.05, 0) is 11.6 Å².